The molecule has 1 N–H and O–H groups in total. The molecular formula is C19H28N3O3+. The molecule has 0 spiro atoms. The lowest BCUT2D eigenvalue weighted by atomic mass is 10.2. The minimum atomic E-state index is -0.342. The van der Waals surface area contributed by atoms with Gasteiger partial charge < -0.3 is 10.1 Å². The molecule has 0 fully saturated rings. The number of nitrogens with one attached hydrogen (secondary N) is 1. The van der Waals surface area contributed by atoms with Crippen molar-refractivity contribution in [2.75, 3.05) is 13.2 Å². The smallest absolute Gasteiger partial charge is 0.338 e. The standard InChI is InChI=1S/C19H27N3O3/c1-5-8-11-20-18(23)13-22-14(4)21(6-2)16-10-9-15(12-17(16)22)19(24)25-7-3/h9-10,12H,5-8,11,13H2,1-4H3/p+1. The van der Waals surface area contributed by atoms with E-state index in [9.17, 15) is 9.59 Å². The summed E-state index contributed by atoms with van der Waals surface area (Å²) in [6, 6.07) is 5.51. The van der Waals surface area contributed by atoms with E-state index in [1.807, 2.05) is 23.6 Å². The van der Waals surface area contributed by atoms with Gasteiger partial charge in [0.15, 0.2) is 17.6 Å². The normalized spacial score (nSPS) is 10.9. The molecular weight excluding hydrogens is 318 g/mol. The molecule has 0 aliphatic rings. The van der Waals surface area contributed by atoms with Crippen molar-refractivity contribution < 1.29 is 18.9 Å². The molecule has 0 saturated heterocycles. The first kappa shape index (κ1) is 19.0. The number of fused-ring (bicyclic) bond motifs is 1. The zero-order chi connectivity index (χ0) is 18.4. The van der Waals surface area contributed by atoms with Gasteiger partial charge >= 0.3 is 5.97 Å². The van der Waals surface area contributed by atoms with Crippen LogP contribution in [0.25, 0.3) is 11.0 Å². The van der Waals surface area contributed by atoms with Crippen LogP contribution in [0.15, 0.2) is 18.2 Å². The highest BCUT2D eigenvalue weighted by atomic mass is 16.5. The number of rotatable bonds is 8. The highest BCUT2D eigenvalue weighted by molar-refractivity contribution is 5.93. The van der Waals surface area contributed by atoms with Crippen molar-refractivity contribution in [3.05, 3.63) is 29.6 Å². The van der Waals surface area contributed by atoms with E-state index in [-0.39, 0.29) is 18.4 Å². The van der Waals surface area contributed by atoms with Crippen molar-refractivity contribution in [2.45, 2.75) is 53.6 Å². The average Bonchev–Trinajstić information content (AvgIpc) is 2.86. The van der Waals surface area contributed by atoms with Gasteiger partial charge in [0.25, 0.3) is 11.7 Å². The number of aryl methyl sites for hydroxylation is 1. The van der Waals surface area contributed by atoms with Gasteiger partial charge in [-0.05, 0) is 32.4 Å². The maximum Gasteiger partial charge on any atom is 0.338 e. The Bertz CT molecular complexity index is 765. The number of carbonyl (C=O) groups is 2. The zero-order valence-corrected chi connectivity index (χ0v) is 15.6. The second-order valence-corrected chi connectivity index (χ2v) is 6.01. The zero-order valence-electron chi connectivity index (χ0n) is 15.6. The van der Waals surface area contributed by atoms with Crippen LogP contribution in [-0.2, 0) is 22.6 Å². The minimum Gasteiger partial charge on any atom is -0.462 e. The van der Waals surface area contributed by atoms with Gasteiger partial charge in [-0.15, -0.1) is 0 Å². The minimum absolute atomic E-state index is 0.0155. The van der Waals surface area contributed by atoms with Crippen LogP contribution in [0.3, 0.4) is 0 Å². The fourth-order valence-electron chi connectivity index (χ4n) is 3.01. The fraction of sp³-hybridized carbons (Fsp3) is 0.526. The Balaban J connectivity index is 2.39. The lowest BCUT2D eigenvalue weighted by Gasteiger charge is -2.04. The number of imidazole rings is 1. The summed E-state index contributed by atoms with van der Waals surface area (Å²) < 4.78 is 9.20. The molecule has 2 aromatic rings. The number of unbranched alkanes of at least 4 members (excludes halogenated alkanes) is 1. The van der Waals surface area contributed by atoms with Crippen LogP contribution in [0.2, 0.25) is 0 Å². The summed E-state index contributed by atoms with van der Waals surface area (Å²) in [4.78, 5) is 24.3. The Morgan fingerprint density at radius 2 is 2.00 bits per heavy atom. The quantitative estimate of drug-likeness (QED) is 0.453. The molecule has 0 bridgehead atoms. The number of hydrogen-bond donors (Lipinski definition) is 1. The number of carbonyl (C=O) groups excluding carboxylic acids is 2. The number of ether oxygens (including phenoxy) is 1. The van der Waals surface area contributed by atoms with E-state index in [1.165, 1.54) is 0 Å². The third-order valence-corrected chi connectivity index (χ3v) is 4.32. The van der Waals surface area contributed by atoms with E-state index < -0.39 is 0 Å². The maximum absolute atomic E-state index is 12.3. The monoisotopic (exact) mass is 346 g/mol. The second-order valence-electron chi connectivity index (χ2n) is 6.01. The molecule has 0 aliphatic heterocycles. The van der Waals surface area contributed by atoms with Gasteiger partial charge in [-0.3, -0.25) is 4.79 Å². The molecule has 6 heteroatoms. The van der Waals surface area contributed by atoms with Crippen LogP contribution >= 0.6 is 0 Å². The Hall–Kier alpha value is -2.37. The van der Waals surface area contributed by atoms with Crippen LogP contribution < -0.4 is 9.88 Å². The average molecular weight is 346 g/mol. The van der Waals surface area contributed by atoms with Gasteiger partial charge in [0.1, 0.15) is 0 Å². The molecule has 0 atom stereocenters. The number of hydrogen-bond acceptors (Lipinski definition) is 3. The van der Waals surface area contributed by atoms with E-state index in [1.54, 1.807) is 13.0 Å². The van der Waals surface area contributed by atoms with Crippen molar-refractivity contribution in [1.29, 1.82) is 0 Å². The summed E-state index contributed by atoms with van der Waals surface area (Å²) >= 11 is 0. The fourth-order valence-corrected chi connectivity index (χ4v) is 3.01. The van der Waals surface area contributed by atoms with Gasteiger partial charge in [-0.1, -0.05) is 13.3 Å². The highest BCUT2D eigenvalue weighted by Crippen LogP contribution is 2.17. The molecule has 6 nitrogen and oxygen atoms in total. The van der Waals surface area contributed by atoms with Crippen molar-refractivity contribution in [1.82, 2.24) is 9.88 Å². The van der Waals surface area contributed by atoms with Crippen molar-refractivity contribution >= 4 is 22.9 Å². The molecule has 0 unspecified atom stereocenters. The van der Waals surface area contributed by atoms with Gasteiger partial charge in [-0.2, -0.15) is 0 Å². The number of amides is 1. The lowest BCUT2D eigenvalue weighted by Crippen LogP contribution is -2.36. The molecule has 0 aliphatic carbocycles. The Morgan fingerprint density at radius 1 is 1.24 bits per heavy atom. The Kier molecular flexibility index (Phi) is 6.56. The van der Waals surface area contributed by atoms with Crippen LogP contribution in [0, 0.1) is 6.92 Å². The first-order valence-electron chi connectivity index (χ1n) is 8.99. The van der Waals surface area contributed by atoms with E-state index >= 15 is 0 Å². The molecule has 0 radical (unpaired) electrons. The predicted octanol–water partition coefficient (Wildman–Crippen LogP) is 2.35. The van der Waals surface area contributed by atoms with E-state index in [0.717, 1.165) is 36.2 Å². The third-order valence-electron chi connectivity index (χ3n) is 4.32. The summed E-state index contributed by atoms with van der Waals surface area (Å²) in [5.41, 5.74) is 2.38. The molecule has 1 amide bonds. The van der Waals surface area contributed by atoms with Crippen LogP contribution in [0.5, 0.6) is 0 Å². The summed E-state index contributed by atoms with van der Waals surface area (Å²) in [7, 11) is 0. The van der Waals surface area contributed by atoms with Crippen molar-refractivity contribution in [3.8, 4) is 0 Å². The molecule has 136 valence electrons. The number of aromatic nitrogens is 2. The highest BCUT2D eigenvalue weighted by Gasteiger charge is 2.24. The molecule has 1 aromatic carbocycles. The van der Waals surface area contributed by atoms with Crippen LogP contribution in [0.1, 0.15) is 49.8 Å². The second kappa shape index (κ2) is 8.65. The number of nitrogens with zero attached hydrogens (tertiary/aromatic N) is 2. The first-order valence-corrected chi connectivity index (χ1v) is 8.99. The maximum atomic E-state index is 12.3. The number of benzene rings is 1. The first-order chi connectivity index (χ1) is 12.0. The van der Waals surface area contributed by atoms with Gasteiger partial charge in [0, 0.05) is 19.5 Å². The Morgan fingerprint density at radius 3 is 2.64 bits per heavy atom. The topological polar surface area (TPSA) is 64.2 Å². The summed E-state index contributed by atoms with van der Waals surface area (Å²) in [6.07, 6.45) is 2.02. The Labute approximate surface area is 148 Å². The summed E-state index contributed by atoms with van der Waals surface area (Å²) in [6.45, 7) is 10.0. The molecule has 1 aromatic heterocycles. The largest absolute Gasteiger partial charge is 0.462 e. The van der Waals surface area contributed by atoms with Gasteiger partial charge in [0.2, 0.25) is 0 Å². The van der Waals surface area contributed by atoms with Crippen molar-refractivity contribution in [3.63, 3.8) is 0 Å². The lowest BCUT2D eigenvalue weighted by molar-refractivity contribution is -0.674. The van der Waals surface area contributed by atoms with E-state index in [4.69, 9.17) is 4.74 Å². The van der Waals surface area contributed by atoms with Crippen LogP contribution in [0.4, 0.5) is 0 Å². The van der Waals surface area contributed by atoms with E-state index in [0.29, 0.717) is 18.7 Å². The number of esters is 1. The van der Waals surface area contributed by atoms with E-state index in [2.05, 4.69) is 23.7 Å². The molecule has 0 saturated carbocycles. The predicted molar refractivity (Wildman–Crippen MR) is 96.4 cm³/mol. The third kappa shape index (κ3) is 4.18. The SMILES string of the molecule is CCCCNC(=O)Cn1c(C)[n+](CC)c2ccc(C(=O)OCC)cc21. The molecule has 1 heterocycles. The summed E-state index contributed by atoms with van der Waals surface area (Å²) in [5, 5.41) is 2.95. The molecule has 2 rings (SSSR count). The van der Waals surface area contributed by atoms with Gasteiger partial charge in [-0.25, -0.2) is 13.9 Å². The van der Waals surface area contributed by atoms with Gasteiger partial charge in [0.05, 0.1) is 18.7 Å². The van der Waals surface area contributed by atoms with Crippen molar-refractivity contribution in [2.24, 2.45) is 0 Å². The summed E-state index contributed by atoms with van der Waals surface area (Å²) in [5.74, 6) is 0.632. The van der Waals surface area contributed by atoms with Crippen LogP contribution in [-0.4, -0.2) is 29.6 Å². The molecule has 25 heavy (non-hydrogen) atoms.